The van der Waals surface area contributed by atoms with E-state index in [0.29, 0.717) is 22.3 Å². The molecule has 1 aromatic carbocycles. The minimum Gasteiger partial charge on any atom is -0.376 e. The summed E-state index contributed by atoms with van der Waals surface area (Å²) in [5.41, 5.74) is 3.03. The molecule has 0 aliphatic heterocycles. The number of nitrogens with zero attached hydrogens (tertiary/aromatic N) is 2. The summed E-state index contributed by atoms with van der Waals surface area (Å²) in [5, 5.41) is 5.76. The van der Waals surface area contributed by atoms with E-state index in [1.807, 2.05) is 24.3 Å². The summed E-state index contributed by atoms with van der Waals surface area (Å²) >= 11 is 8.85. The van der Waals surface area contributed by atoms with Crippen LogP contribution in [0.2, 0.25) is 5.02 Å². The zero-order valence-electron chi connectivity index (χ0n) is 12.7. The fourth-order valence-corrected chi connectivity index (χ4v) is 3.77. The van der Waals surface area contributed by atoms with E-state index in [4.69, 9.17) is 16.3 Å². The molecule has 0 saturated carbocycles. The van der Waals surface area contributed by atoms with Crippen LogP contribution in [-0.2, 0) is 11.2 Å². The first-order valence-corrected chi connectivity index (χ1v) is 9.22. The topological polar surface area (TPSA) is 64.1 Å². The fraction of sp³-hybridized carbons (Fsp3) is 0.188. The van der Waals surface area contributed by atoms with Crippen LogP contribution >= 0.6 is 34.3 Å². The lowest BCUT2D eigenvalue weighted by Gasteiger charge is -2.15. The summed E-state index contributed by atoms with van der Waals surface area (Å²) in [6.45, 7) is 0. The van der Waals surface area contributed by atoms with Gasteiger partial charge in [-0.1, -0.05) is 23.7 Å². The lowest BCUT2D eigenvalue weighted by atomic mass is 10.0. The summed E-state index contributed by atoms with van der Waals surface area (Å²) in [7, 11) is 1.64. The molecule has 2 aromatic heterocycles. The minimum absolute atomic E-state index is 0.199. The molecule has 8 heteroatoms. The maximum Gasteiger partial charge on any atom is 0.277 e. The van der Waals surface area contributed by atoms with Crippen molar-refractivity contribution < 1.29 is 9.53 Å². The van der Waals surface area contributed by atoms with Crippen molar-refractivity contribution >= 4 is 45.3 Å². The van der Waals surface area contributed by atoms with E-state index in [1.54, 1.807) is 24.2 Å². The second-order valence-corrected chi connectivity index (χ2v) is 7.17. The summed E-state index contributed by atoms with van der Waals surface area (Å²) < 4.78 is 5.58. The van der Waals surface area contributed by atoms with Crippen LogP contribution < -0.4 is 5.32 Å². The predicted molar refractivity (Wildman–Crippen MR) is 97.1 cm³/mol. The van der Waals surface area contributed by atoms with E-state index in [9.17, 15) is 4.79 Å². The Morgan fingerprint density at radius 2 is 2.25 bits per heavy atom. The van der Waals surface area contributed by atoms with Gasteiger partial charge in [0.05, 0.1) is 11.6 Å². The number of benzene rings is 1. The average molecular weight is 380 g/mol. The molecule has 1 amide bonds. The highest BCUT2D eigenvalue weighted by molar-refractivity contribution is 7.13. The molecule has 1 N–H and O–H groups in total. The summed E-state index contributed by atoms with van der Waals surface area (Å²) in [6.07, 6.45) is 1.99. The van der Waals surface area contributed by atoms with Crippen LogP contribution in [0.15, 0.2) is 41.4 Å². The highest BCUT2D eigenvalue weighted by atomic mass is 35.5. The van der Waals surface area contributed by atoms with Gasteiger partial charge in [-0.2, -0.15) is 0 Å². The van der Waals surface area contributed by atoms with Crippen molar-refractivity contribution in [3.05, 3.63) is 62.5 Å². The first kappa shape index (κ1) is 17.0. The predicted octanol–water partition coefficient (Wildman–Crippen LogP) is 4.44. The Morgan fingerprint density at radius 3 is 2.96 bits per heavy atom. The first-order chi connectivity index (χ1) is 11.7. The minimum atomic E-state index is -0.262. The maximum absolute atomic E-state index is 12.4. The zero-order chi connectivity index (χ0) is 16.9. The van der Waals surface area contributed by atoms with Crippen LogP contribution in [0.4, 0.5) is 5.13 Å². The van der Waals surface area contributed by atoms with Crippen LogP contribution in [-0.4, -0.2) is 23.0 Å². The number of hydrogen-bond donors (Lipinski definition) is 1. The lowest BCUT2D eigenvalue weighted by Crippen LogP contribution is -2.15. The molecule has 0 saturated heterocycles. The molecule has 0 spiro atoms. The van der Waals surface area contributed by atoms with Crippen LogP contribution in [0, 0.1) is 0 Å². The number of ether oxygens (including phenoxy) is 1. The molecule has 1 unspecified atom stereocenters. The summed E-state index contributed by atoms with van der Waals surface area (Å²) in [5.74, 6) is -0.262. The van der Waals surface area contributed by atoms with Crippen LogP contribution in [0.25, 0.3) is 0 Å². The van der Waals surface area contributed by atoms with Gasteiger partial charge in [0.15, 0.2) is 5.13 Å². The van der Waals surface area contributed by atoms with E-state index in [1.165, 1.54) is 22.7 Å². The normalized spacial score (nSPS) is 12.1. The third-order valence-electron chi connectivity index (χ3n) is 3.38. The monoisotopic (exact) mass is 379 g/mol. The number of carbonyl (C=O) groups excluding carboxylic acids is 1. The standard InChI is InChI=1S/C16H14ClN3O2S2/c1-22-12(10-3-2-4-11(17)7-10)8-13-14(19-9-24-13)15(21)20-16-18-5-6-23-16/h2-7,9,12H,8H2,1H3,(H,18,20,21). The summed E-state index contributed by atoms with van der Waals surface area (Å²) in [4.78, 5) is 21.5. The molecular weight excluding hydrogens is 366 g/mol. The first-order valence-electron chi connectivity index (χ1n) is 7.09. The van der Waals surface area contributed by atoms with Crippen molar-refractivity contribution in [3.8, 4) is 0 Å². The van der Waals surface area contributed by atoms with E-state index in [0.717, 1.165) is 10.4 Å². The van der Waals surface area contributed by atoms with Gasteiger partial charge in [0.1, 0.15) is 5.69 Å². The third-order valence-corrected chi connectivity index (χ3v) is 5.16. The zero-order valence-corrected chi connectivity index (χ0v) is 15.1. The van der Waals surface area contributed by atoms with Crippen molar-refractivity contribution in [1.29, 1.82) is 0 Å². The van der Waals surface area contributed by atoms with Gasteiger partial charge in [0.2, 0.25) is 0 Å². The molecule has 2 heterocycles. The molecule has 0 aliphatic carbocycles. The molecule has 3 aromatic rings. The molecule has 0 fully saturated rings. The highest BCUT2D eigenvalue weighted by Crippen LogP contribution is 2.27. The largest absolute Gasteiger partial charge is 0.376 e. The van der Waals surface area contributed by atoms with Crippen molar-refractivity contribution in [2.24, 2.45) is 0 Å². The number of amides is 1. The number of thiazole rings is 2. The van der Waals surface area contributed by atoms with E-state index in [2.05, 4.69) is 15.3 Å². The number of aromatic nitrogens is 2. The van der Waals surface area contributed by atoms with Crippen LogP contribution in [0.3, 0.4) is 0 Å². The smallest absolute Gasteiger partial charge is 0.277 e. The Labute approximate surface area is 152 Å². The van der Waals surface area contributed by atoms with Crippen molar-refractivity contribution in [2.45, 2.75) is 12.5 Å². The van der Waals surface area contributed by atoms with Gasteiger partial charge in [0, 0.05) is 35.0 Å². The number of methoxy groups -OCH3 is 1. The van der Waals surface area contributed by atoms with Crippen molar-refractivity contribution in [2.75, 3.05) is 12.4 Å². The number of carbonyl (C=O) groups is 1. The Bertz CT molecular complexity index is 820. The number of anilines is 1. The SMILES string of the molecule is COC(Cc1scnc1C(=O)Nc1nccs1)c1cccc(Cl)c1. The van der Waals surface area contributed by atoms with E-state index >= 15 is 0 Å². The second-order valence-electron chi connectivity index (χ2n) is 4.90. The second kappa shape index (κ2) is 7.85. The quantitative estimate of drug-likeness (QED) is 0.687. The van der Waals surface area contributed by atoms with Crippen LogP contribution in [0.1, 0.15) is 27.0 Å². The maximum atomic E-state index is 12.4. The molecule has 24 heavy (non-hydrogen) atoms. The third kappa shape index (κ3) is 3.99. The number of nitrogens with one attached hydrogen (secondary N) is 1. The van der Waals surface area contributed by atoms with Gasteiger partial charge in [-0.3, -0.25) is 10.1 Å². The Morgan fingerprint density at radius 1 is 1.38 bits per heavy atom. The number of rotatable bonds is 6. The van der Waals surface area contributed by atoms with Gasteiger partial charge >= 0.3 is 0 Å². The van der Waals surface area contributed by atoms with Gasteiger partial charge in [-0.15, -0.1) is 22.7 Å². The molecule has 0 aliphatic rings. The molecule has 1 atom stereocenters. The molecule has 124 valence electrons. The van der Waals surface area contributed by atoms with Crippen LogP contribution in [0.5, 0.6) is 0 Å². The molecule has 5 nitrogen and oxygen atoms in total. The summed E-state index contributed by atoms with van der Waals surface area (Å²) in [6, 6.07) is 7.52. The van der Waals surface area contributed by atoms with Crippen molar-refractivity contribution in [1.82, 2.24) is 9.97 Å². The average Bonchev–Trinajstić information content (AvgIpc) is 3.24. The number of hydrogen-bond acceptors (Lipinski definition) is 6. The molecule has 0 bridgehead atoms. The Hall–Kier alpha value is -1.80. The molecular formula is C16H14ClN3O2S2. The van der Waals surface area contributed by atoms with Gasteiger partial charge < -0.3 is 4.74 Å². The molecule has 0 radical (unpaired) electrons. The van der Waals surface area contributed by atoms with Gasteiger partial charge in [-0.25, -0.2) is 9.97 Å². The van der Waals surface area contributed by atoms with Gasteiger partial charge in [-0.05, 0) is 17.7 Å². The number of halogens is 1. The van der Waals surface area contributed by atoms with E-state index < -0.39 is 0 Å². The fourth-order valence-electron chi connectivity index (χ4n) is 2.25. The van der Waals surface area contributed by atoms with Gasteiger partial charge in [0.25, 0.3) is 5.91 Å². The Kier molecular flexibility index (Phi) is 5.57. The highest BCUT2D eigenvalue weighted by Gasteiger charge is 2.20. The molecule has 3 rings (SSSR count). The van der Waals surface area contributed by atoms with E-state index in [-0.39, 0.29) is 12.0 Å². The lowest BCUT2D eigenvalue weighted by molar-refractivity contribution is 0.0998. The van der Waals surface area contributed by atoms with Crippen molar-refractivity contribution in [3.63, 3.8) is 0 Å². The Balaban J connectivity index is 1.78.